The number of hydrogen-bond donors (Lipinski definition) is 2. The Balaban J connectivity index is 2.92. The van der Waals surface area contributed by atoms with Gasteiger partial charge in [0.25, 0.3) is 0 Å². The Morgan fingerprint density at radius 3 is 2.44 bits per heavy atom. The van der Waals surface area contributed by atoms with Crippen LogP contribution in [0.15, 0.2) is 18.5 Å². The predicted octanol–water partition coefficient (Wildman–Crippen LogP) is 1.69. The molecule has 0 aliphatic heterocycles. The molecular weight excluding hydrogens is 226 g/mol. The Labute approximate surface area is 110 Å². The van der Waals surface area contributed by atoms with Crippen LogP contribution in [0.5, 0.6) is 0 Å². The second kappa shape index (κ2) is 6.16. The van der Waals surface area contributed by atoms with Crippen LogP contribution >= 0.6 is 0 Å². The Kier molecular flexibility index (Phi) is 5.11. The SMILES string of the molecule is CCC(CC)(C(O)Cc1cnccc1N)N(C)C. The summed E-state index contributed by atoms with van der Waals surface area (Å²) < 4.78 is 0. The second-order valence-corrected chi connectivity index (χ2v) is 5.00. The standard InChI is InChI=1S/C14H25N3O/c1-5-14(6-2,17(3)4)13(18)9-11-10-16-8-7-12(11)15/h7-8,10,13,18H,5-6,9H2,1-4H3,(H2,15,16). The number of rotatable bonds is 6. The molecule has 3 N–H and O–H groups in total. The van der Waals surface area contributed by atoms with Crippen LogP contribution in [-0.4, -0.2) is 40.7 Å². The van der Waals surface area contributed by atoms with Crippen molar-refractivity contribution in [3.8, 4) is 0 Å². The summed E-state index contributed by atoms with van der Waals surface area (Å²) in [6.07, 6.45) is 5.30. The summed E-state index contributed by atoms with van der Waals surface area (Å²) in [5.74, 6) is 0. The van der Waals surface area contributed by atoms with Crippen molar-refractivity contribution in [2.24, 2.45) is 0 Å². The largest absolute Gasteiger partial charge is 0.398 e. The summed E-state index contributed by atoms with van der Waals surface area (Å²) in [7, 11) is 4.03. The third-order valence-electron chi connectivity index (χ3n) is 4.09. The molecule has 18 heavy (non-hydrogen) atoms. The third-order valence-corrected chi connectivity index (χ3v) is 4.09. The molecule has 0 aliphatic rings. The Bertz CT molecular complexity index is 375. The molecule has 0 aromatic carbocycles. The highest BCUT2D eigenvalue weighted by atomic mass is 16.3. The molecule has 0 fully saturated rings. The van der Waals surface area contributed by atoms with E-state index in [0.29, 0.717) is 12.1 Å². The van der Waals surface area contributed by atoms with E-state index in [4.69, 9.17) is 5.73 Å². The number of pyridine rings is 1. The second-order valence-electron chi connectivity index (χ2n) is 5.00. The molecule has 1 heterocycles. The Hall–Kier alpha value is -1.13. The van der Waals surface area contributed by atoms with Crippen molar-refractivity contribution in [1.82, 2.24) is 9.88 Å². The molecule has 4 nitrogen and oxygen atoms in total. The molecule has 0 saturated carbocycles. The number of likely N-dealkylation sites (N-methyl/N-ethyl adjacent to an activating group) is 1. The van der Waals surface area contributed by atoms with Crippen molar-refractivity contribution < 1.29 is 5.11 Å². The fraction of sp³-hybridized carbons (Fsp3) is 0.643. The average Bonchev–Trinajstić information content (AvgIpc) is 2.34. The van der Waals surface area contributed by atoms with Crippen LogP contribution < -0.4 is 5.73 Å². The van der Waals surface area contributed by atoms with Gasteiger partial charge in [0.15, 0.2) is 0 Å². The van der Waals surface area contributed by atoms with E-state index in [0.717, 1.165) is 18.4 Å². The van der Waals surface area contributed by atoms with Crippen molar-refractivity contribution in [2.45, 2.75) is 44.8 Å². The molecule has 0 spiro atoms. The van der Waals surface area contributed by atoms with Crippen LogP contribution in [0.2, 0.25) is 0 Å². The summed E-state index contributed by atoms with van der Waals surface area (Å²) in [5, 5.41) is 10.6. The lowest BCUT2D eigenvalue weighted by Gasteiger charge is -2.42. The number of anilines is 1. The maximum absolute atomic E-state index is 10.6. The fourth-order valence-electron chi connectivity index (χ4n) is 2.66. The van der Waals surface area contributed by atoms with E-state index in [1.807, 2.05) is 14.1 Å². The van der Waals surface area contributed by atoms with Crippen LogP contribution in [0.1, 0.15) is 32.3 Å². The highest BCUT2D eigenvalue weighted by molar-refractivity contribution is 5.44. The molecule has 0 aliphatic carbocycles. The van der Waals surface area contributed by atoms with E-state index in [1.54, 1.807) is 18.5 Å². The molecule has 102 valence electrons. The average molecular weight is 251 g/mol. The Morgan fingerprint density at radius 1 is 1.39 bits per heavy atom. The first-order valence-corrected chi connectivity index (χ1v) is 6.51. The maximum Gasteiger partial charge on any atom is 0.0764 e. The summed E-state index contributed by atoms with van der Waals surface area (Å²) in [5.41, 5.74) is 7.31. The van der Waals surface area contributed by atoms with Gasteiger partial charge in [-0.05, 0) is 38.6 Å². The smallest absolute Gasteiger partial charge is 0.0764 e. The summed E-state index contributed by atoms with van der Waals surface area (Å²) in [6.45, 7) is 4.22. The van der Waals surface area contributed by atoms with Crippen molar-refractivity contribution in [2.75, 3.05) is 19.8 Å². The lowest BCUT2D eigenvalue weighted by Crippen LogP contribution is -2.53. The van der Waals surface area contributed by atoms with E-state index >= 15 is 0 Å². The van der Waals surface area contributed by atoms with Gasteiger partial charge in [-0.1, -0.05) is 13.8 Å². The van der Waals surface area contributed by atoms with Gasteiger partial charge >= 0.3 is 0 Å². The quantitative estimate of drug-likeness (QED) is 0.807. The number of nitrogens with two attached hydrogens (primary N) is 1. The molecule has 1 unspecified atom stereocenters. The van der Waals surface area contributed by atoms with Gasteiger partial charge in [0.05, 0.1) is 6.10 Å². The number of nitrogen functional groups attached to an aromatic ring is 1. The molecule has 0 bridgehead atoms. The normalized spacial score (nSPS) is 13.9. The molecule has 1 aromatic heterocycles. The van der Waals surface area contributed by atoms with Crippen LogP contribution in [0.25, 0.3) is 0 Å². The van der Waals surface area contributed by atoms with Crippen molar-refractivity contribution in [3.05, 3.63) is 24.0 Å². The minimum Gasteiger partial charge on any atom is -0.398 e. The highest BCUT2D eigenvalue weighted by Gasteiger charge is 2.36. The zero-order valence-electron chi connectivity index (χ0n) is 11.8. The first-order valence-electron chi connectivity index (χ1n) is 6.51. The number of aliphatic hydroxyl groups is 1. The number of nitrogens with zero attached hydrogens (tertiary/aromatic N) is 2. The number of aliphatic hydroxyl groups excluding tert-OH is 1. The zero-order valence-corrected chi connectivity index (χ0v) is 11.8. The number of aromatic nitrogens is 1. The van der Waals surface area contributed by atoms with Gasteiger partial charge < -0.3 is 15.7 Å². The lowest BCUT2D eigenvalue weighted by molar-refractivity contribution is -0.0125. The van der Waals surface area contributed by atoms with Gasteiger partial charge in [0, 0.05) is 30.0 Å². The van der Waals surface area contributed by atoms with E-state index in [1.165, 1.54) is 0 Å². The third kappa shape index (κ3) is 2.82. The molecule has 0 radical (unpaired) electrons. The first kappa shape index (κ1) is 14.9. The summed E-state index contributed by atoms with van der Waals surface area (Å²) in [4.78, 5) is 6.19. The molecule has 4 heteroatoms. The topological polar surface area (TPSA) is 62.4 Å². The fourth-order valence-corrected chi connectivity index (χ4v) is 2.66. The predicted molar refractivity (Wildman–Crippen MR) is 75.4 cm³/mol. The molecular formula is C14H25N3O. The molecule has 1 rings (SSSR count). The van der Waals surface area contributed by atoms with Gasteiger partial charge in [-0.2, -0.15) is 0 Å². The van der Waals surface area contributed by atoms with Gasteiger partial charge in [-0.25, -0.2) is 0 Å². The molecule has 0 saturated heterocycles. The maximum atomic E-state index is 10.6. The molecule has 0 amide bonds. The monoisotopic (exact) mass is 251 g/mol. The van der Waals surface area contributed by atoms with Crippen LogP contribution in [0.4, 0.5) is 5.69 Å². The van der Waals surface area contributed by atoms with Gasteiger partial charge in [0.1, 0.15) is 0 Å². The zero-order chi connectivity index (χ0) is 13.8. The van der Waals surface area contributed by atoms with Gasteiger partial charge in [-0.3, -0.25) is 4.98 Å². The van der Waals surface area contributed by atoms with E-state index in [9.17, 15) is 5.11 Å². The van der Waals surface area contributed by atoms with Crippen LogP contribution in [0.3, 0.4) is 0 Å². The lowest BCUT2D eigenvalue weighted by atomic mass is 9.82. The van der Waals surface area contributed by atoms with Crippen LogP contribution in [0, 0.1) is 0 Å². The van der Waals surface area contributed by atoms with Crippen LogP contribution in [-0.2, 0) is 6.42 Å². The summed E-state index contributed by atoms with van der Waals surface area (Å²) >= 11 is 0. The minimum absolute atomic E-state index is 0.206. The molecule has 1 atom stereocenters. The highest BCUT2D eigenvalue weighted by Crippen LogP contribution is 2.28. The van der Waals surface area contributed by atoms with Crippen molar-refractivity contribution in [3.63, 3.8) is 0 Å². The molecule has 1 aromatic rings. The Morgan fingerprint density at radius 2 is 2.00 bits per heavy atom. The van der Waals surface area contributed by atoms with Crippen molar-refractivity contribution >= 4 is 5.69 Å². The number of hydrogen-bond acceptors (Lipinski definition) is 4. The van der Waals surface area contributed by atoms with E-state index in [2.05, 4.69) is 23.7 Å². The van der Waals surface area contributed by atoms with E-state index < -0.39 is 6.10 Å². The van der Waals surface area contributed by atoms with Crippen molar-refractivity contribution in [1.29, 1.82) is 0 Å². The van der Waals surface area contributed by atoms with E-state index in [-0.39, 0.29) is 5.54 Å². The van der Waals surface area contributed by atoms with Gasteiger partial charge in [-0.15, -0.1) is 0 Å². The first-order chi connectivity index (χ1) is 8.47. The van der Waals surface area contributed by atoms with Gasteiger partial charge in [0.2, 0.25) is 0 Å². The summed E-state index contributed by atoms with van der Waals surface area (Å²) in [6, 6.07) is 1.78. The minimum atomic E-state index is -0.450.